The van der Waals surface area contributed by atoms with E-state index < -0.39 is 20.7 Å². The molecule has 0 saturated carbocycles. The SMILES string of the molecule is COc1ccc(NC(=O)[C@@]2(C)CCCN(c3c(C)cccc3C)S2(=O)=O)cc1. The number of aryl methyl sites for hydroxylation is 2. The maximum atomic E-state index is 13.5. The largest absolute Gasteiger partial charge is 0.497 e. The number of sulfonamides is 1. The Balaban J connectivity index is 1.94. The summed E-state index contributed by atoms with van der Waals surface area (Å²) >= 11 is 0. The fourth-order valence-corrected chi connectivity index (χ4v) is 5.72. The molecule has 1 aliphatic heterocycles. The third-order valence-electron chi connectivity index (χ3n) is 5.39. The van der Waals surface area contributed by atoms with Gasteiger partial charge in [-0.15, -0.1) is 0 Å². The number of para-hydroxylation sites is 1. The summed E-state index contributed by atoms with van der Waals surface area (Å²) in [7, 11) is -2.34. The number of nitrogens with zero attached hydrogens (tertiary/aromatic N) is 1. The minimum absolute atomic E-state index is 0.277. The zero-order valence-corrected chi connectivity index (χ0v) is 17.5. The molecule has 6 nitrogen and oxygen atoms in total. The van der Waals surface area contributed by atoms with E-state index in [0.29, 0.717) is 30.1 Å². The molecule has 1 amide bonds. The summed E-state index contributed by atoms with van der Waals surface area (Å²) in [6, 6.07) is 12.5. The van der Waals surface area contributed by atoms with E-state index in [1.165, 1.54) is 11.2 Å². The topological polar surface area (TPSA) is 75.7 Å². The van der Waals surface area contributed by atoms with Crippen LogP contribution in [-0.4, -0.2) is 32.7 Å². The molecule has 1 saturated heterocycles. The molecular weight excluding hydrogens is 376 g/mol. The van der Waals surface area contributed by atoms with Crippen molar-refractivity contribution >= 4 is 27.3 Å². The van der Waals surface area contributed by atoms with Gasteiger partial charge in [0.15, 0.2) is 4.75 Å². The first kappa shape index (κ1) is 20.2. The Morgan fingerprint density at radius 3 is 2.29 bits per heavy atom. The van der Waals surface area contributed by atoms with Crippen LogP contribution in [0.25, 0.3) is 0 Å². The van der Waals surface area contributed by atoms with E-state index in [1.807, 2.05) is 32.0 Å². The maximum absolute atomic E-state index is 13.5. The normalized spacial score (nSPS) is 21.2. The number of carbonyl (C=O) groups excluding carboxylic acids is 1. The van der Waals surface area contributed by atoms with E-state index in [9.17, 15) is 13.2 Å². The highest BCUT2D eigenvalue weighted by Crippen LogP contribution is 2.38. The van der Waals surface area contributed by atoms with Crippen LogP contribution >= 0.6 is 0 Å². The lowest BCUT2D eigenvalue weighted by Crippen LogP contribution is -2.57. The minimum Gasteiger partial charge on any atom is -0.497 e. The van der Waals surface area contributed by atoms with Gasteiger partial charge < -0.3 is 10.1 Å². The van der Waals surface area contributed by atoms with Crippen LogP contribution in [0.1, 0.15) is 30.9 Å². The van der Waals surface area contributed by atoms with Crippen molar-refractivity contribution in [3.63, 3.8) is 0 Å². The predicted octanol–water partition coefficient (Wildman–Crippen LogP) is 3.64. The number of rotatable bonds is 4. The highest BCUT2D eigenvalue weighted by molar-refractivity contribution is 7.95. The molecule has 1 aliphatic rings. The summed E-state index contributed by atoms with van der Waals surface area (Å²) in [4.78, 5) is 13.1. The van der Waals surface area contributed by atoms with Gasteiger partial charge >= 0.3 is 0 Å². The molecule has 3 rings (SSSR count). The van der Waals surface area contributed by atoms with Gasteiger partial charge in [0.1, 0.15) is 5.75 Å². The van der Waals surface area contributed by atoms with Crippen molar-refractivity contribution in [1.82, 2.24) is 0 Å². The van der Waals surface area contributed by atoms with Crippen LogP contribution < -0.4 is 14.4 Å². The second kappa shape index (κ2) is 7.47. The molecule has 0 aliphatic carbocycles. The quantitative estimate of drug-likeness (QED) is 0.847. The Bertz CT molecular complexity index is 966. The Kier molecular flexibility index (Phi) is 5.39. The highest BCUT2D eigenvalue weighted by atomic mass is 32.2. The molecule has 28 heavy (non-hydrogen) atoms. The Morgan fingerprint density at radius 1 is 1.11 bits per heavy atom. The molecule has 150 valence electrons. The van der Waals surface area contributed by atoms with E-state index in [1.54, 1.807) is 31.4 Å². The fraction of sp³-hybridized carbons (Fsp3) is 0.381. The van der Waals surface area contributed by atoms with E-state index in [4.69, 9.17) is 4.74 Å². The molecule has 0 spiro atoms. The van der Waals surface area contributed by atoms with Gasteiger partial charge in [0, 0.05) is 12.2 Å². The van der Waals surface area contributed by atoms with Gasteiger partial charge in [-0.1, -0.05) is 18.2 Å². The third kappa shape index (κ3) is 3.35. The van der Waals surface area contributed by atoms with Crippen LogP contribution in [0.15, 0.2) is 42.5 Å². The zero-order chi connectivity index (χ0) is 20.5. The third-order valence-corrected chi connectivity index (χ3v) is 7.87. The van der Waals surface area contributed by atoms with Crippen molar-refractivity contribution in [2.75, 3.05) is 23.3 Å². The Morgan fingerprint density at radius 2 is 1.71 bits per heavy atom. The van der Waals surface area contributed by atoms with Gasteiger partial charge in [-0.3, -0.25) is 9.10 Å². The average Bonchev–Trinajstić information content (AvgIpc) is 2.65. The molecule has 2 aromatic rings. The monoisotopic (exact) mass is 402 g/mol. The molecule has 0 aromatic heterocycles. The highest BCUT2D eigenvalue weighted by Gasteiger charge is 2.52. The van der Waals surface area contributed by atoms with E-state index in [0.717, 1.165) is 11.1 Å². The lowest BCUT2D eigenvalue weighted by Gasteiger charge is -2.40. The molecule has 0 bridgehead atoms. The molecule has 0 unspecified atom stereocenters. The summed E-state index contributed by atoms with van der Waals surface area (Å²) in [6.07, 6.45) is 0.887. The number of ether oxygens (including phenoxy) is 1. The number of nitrogens with one attached hydrogen (secondary N) is 1. The minimum atomic E-state index is -3.90. The van der Waals surface area contributed by atoms with Crippen molar-refractivity contribution in [2.24, 2.45) is 0 Å². The van der Waals surface area contributed by atoms with Gasteiger partial charge in [-0.05, 0) is 69.0 Å². The number of amides is 1. The van der Waals surface area contributed by atoms with Crippen LogP contribution in [-0.2, 0) is 14.8 Å². The lowest BCUT2D eigenvalue weighted by atomic mass is 10.0. The molecule has 1 N–H and O–H groups in total. The summed E-state index contributed by atoms with van der Waals surface area (Å²) in [6.45, 7) is 5.67. The first-order valence-corrected chi connectivity index (χ1v) is 10.7. The summed E-state index contributed by atoms with van der Waals surface area (Å²) in [5.41, 5.74) is 2.96. The van der Waals surface area contributed by atoms with E-state index in [2.05, 4.69) is 5.32 Å². The lowest BCUT2D eigenvalue weighted by molar-refractivity contribution is -0.118. The van der Waals surface area contributed by atoms with Crippen LogP contribution in [0.2, 0.25) is 0 Å². The number of hydrogen-bond donors (Lipinski definition) is 1. The standard InChI is InChI=1S/C21H26N2O4S/c1-15-7-5-8-16(2)19(15)23-14-6-13-21(3,28(23,25)26)20(24)22-17-9-11-18(27-4)12-10-17/h5,7-12H,6,13-14H2,1-4H3,(H,22,24)/t21-/m1/s1. The molecule has 1 fully saturated rings. The molecule has 2 aromatic carbocycles. The van der Waals surface area contributed by atoms with Gasteiger partial charge in [0.25, 0.3) is 0 Å². The zero-order valence-electron chi connectivity index (χ0n) is 16.7. The molecule has 1 atom stereocenters. The van der Waals surface area contributed by atoms with Gasteiger partial charge in [-0.25, -0.2) is 8.42 Å². The van der Waals surface area contributed by atoms with E-state index in [-0.39, 0.29) is 6.42 Å². The van der Waals surface area contributed by atoms with Gasteiger partial charge in [0.2, 0.25) is 15.9 Å². The fourth-order valence-electron chi connectivity index (χ4n) is 3.65. The smallest absolute Gasteiger partial charge is 0.249 e. The number of benzene rings is 2. The maximum Gasteiger partial charge on any atom is 0.249 e. The first-order chi connectivity index (χ1) is 13.2. The molecule has 7 heteroatoms. The Hall–Kier alpha value is -2.54. The van der Waals surface area contributed by atoms with Crippen LogP contribution in [0, 0.1) is 13.8 Å². The summed E-state index contributed by atoms with van der Waals surface area (Å²) in [5.74, 6) is 0.143. The molecule has 0 radical (unpaired) electrons. The van der Waals surface area contributed by atoms with Crippen molar-refractivity contribution in [1.29, 1.82) is 0 Å². The van der Waals surface area contributed by atoms with E-state index >= 15 is 0 Å². The Labute approximate surface area is 166 Å². The first-order valence-electron chi connectivity index (χ1n) is 9.25. The second-order valence-electron chi connectivity index (χ2n) is 7.33. The van der Waals surface area contributed by atoms with Crippen molar-refractivity contribution in [2.45, 2.75) is 38.4 Å². The van der Waals surface area contributed by atoms with Gasteiger partial charge in [0.05, 0.1) is 12.8 Å². The van der Waals surface area contributed by atoms with Crippen molar-refractivity contribution < 1.29 is 17.9 Å². The van der Waals surface area contributed by atoms with Crippen LogP contribution in [0.4, 0.5) is 11.4 Å². The van der Waals surface area contributed by atoms with Crippen molar-refractivity contribution in [3.05, 3.63) is 53.6 Å². The predicted molar refractivity (Wildman–Crippen MR) is 111 cm³/mol. The molecular formula is C21H26N2O4S. The number of carbonyl (C=O) groups is 1. The number of anilines is 2. The molecule has 1 heterocycles. The van der Waals surface area contributed by atoms with Gasteiger partial charge in [-0.2, -0.15) is 0 Å². The average molecular weight is 403 g/mol. The summed E-state index contributed by atoms with van der Waals surface area (Å²) < 4.78 is 32.0. The van der Waals surface area contributed by atoms with Crippen LogP contribution in [0.3, 0.4) is 0 Å². The number of hydrogen-bond acceptors (Lipinski definition) is 4. The number of methoxy groups -OCH3 is 1. The van der Waals surface area contributed by atoms with Crippen LogP contribution in [0.5, 0.6) is 5.75 Å². The van der Waals surface area contributed by atoms with Crippen molar-refractivity contribution in [3.8, 4) is 5.75 Å². The summed E-state index contributed by atoms with van der Waals surface area (Å²) in [5, 5.41) is 2.76. The second-order valence-corrected chi connectivity index (χ2v) is 9.63.